The van der Waals surface area contributed by atoms with Crippen molar-refractivity contribution in [3.63, 3.8) is 0 Å². The van der Waals surface area contributed by atoms with Crippen molar-refractivity contribution in [1.82, 2.24) is 4.90 Å². The number of nitrogens with two attached hydrogens (primary N) is 1. The molecule has 1 saturated heterocycles. The Labute approximate surface area is 78.7 Å². The summed E-state index contributed by atoms with van der Waals surface area (Å²) >= 11 is 0. The Morgan fingerprint density at radius 2 is 2.23 bits per heavy atom. The molecule has 0 bridgehead atoms. The highest BCUT2D eigenvalue weighted by Crippen LogP contribution is 2.10. The van der Waals surface area contributed by atoms with Crippen molar-refractivity contribution in [2.24, 2.45) is 5.73 Å². The number of rotatable bonds is 5. The summed E-state index contributed by atoms with van der Waals surface area (Å²) in [4.78, 5) is 13.1. The van der Waals surface area contributed by atoms with E-state index < -0.39 is 0 Å². The molecule has 1 amide bonds. The molecule has 1 aliphatic heterocycles. The fraction of sp³-hybridized carbons (Fsp3) is 0.889. The van der Waals surface area contributed by atoms with Gasteiger partial charge in [0.05, 0.1) is 6.04 Å². The molecular weight excluding hydrogens is 168 g/mol. The van der Waals surface area contributed by atoms with Crippen LogP contribution in [0.15, 0.2) is 0 Å². The molecule has 0 aromatic heterocycles. The lowest BCUT2D eigenvalue weighted by atomic mass is 10.2. The number of likely N-dealkylation sites (tertiary alicyclic amines) is 1. The SMILES string of the molecule is NC1CCN(CCCCCO)C1=O. The fourth-order valence-corrected chi connectivity index (χ4v) is 1.58. The summed E-state index contributed by atoms with van der Waals surface area (Å²) in [6.45, 7) is 1.85. The topological polar surface area (TPSA) is 66.6 Å². The predicted octanol–water partition coefficient (Wildman–Crippen LogP) is -0.291. The van der Waals surface area contributed by atoms with E-state index in [2.05, 4.69) is 0 Å². The Bertz CT molecular complexity index is 173. The van der Waals surface area contributed by atoms with E-state index >= 15 is 0 Å². The maximum absolute atomic E-state index is 11.3. The van der Waals surface area contributed by atoms with E-state index in [1.54, 1.807) is 0 Å². The molecule has 0 aromatic rings. The number of carbonyl (C=O) groups is 1. The molecule has 1 atom stereocenters. The van der Waals surface area contributed by atoms with Crippen LogP contribution in [0.5, 0.6) is 0 Å². The summed E-state index contributed by atoms with van der Waals surface area (Å²) in [5.41, 5.74) is 5.57. The Morgan fingerprint density at radius 1 is 1.46 bits per heavy atom. The van der Waals surface area contributed by atoms with E-state index in [0.29, 0.717) is 0 Å². The quantitative estimate of drug-likeness (QED) is 0.580. The third-order valence-electron chi connectivity index (χ3n) is 2.43. The van der Waals surface area contributed by atoms with Crippen molar-refractivity contribution in [2.75, 3.05) is 19.7 Å². The smallest absolute Gasteiger partial charge is 0.239 e. The highest BCUT2D eigenvalue weighted by molar-refractivity contribution is 5.83. The third kappa shape index (κ3) is 2.97. The average molecular weight is 186 g/mol. The standard InChI is InChI=1S/C9H18N2O2/c10-8-4-6-11(9(8)13)5-2-1-3-7-12/h8,12H,1-7,10H2. The zero-order chi connectivity index (χ0) is 9.68. The van der Waals surface area contributed by atoms with Gasteiger partial charge < -0.3 is 15.7 Å². The van der Waals surface area contributed by atoms with Crippen molar-refractivity contribution in [3.8, 4) is 0 Å². The van der Waals surface area contributed by atoms with Gasteiger partial charge in [0, 0.05) is 19.7 Å². The van der Waals surface area contributed by atoms with Crippen molar-refractivity contribution >= 4 is 5.91 Å². The maximum atomic E-state index is 11.3. The van der Waals surface area contributed by atoms with Crippen LogP contribution in [0.4, 0.5) is 0 Å². The van der Waals surface area contributed by atoms with Crippen LogP contribution in [-0.2, 0) is 4.79 Å². The Balaban J connectivity index is 2.12. The van der Waals surface area contributed by atoms with Crippen LogP contribution in [0, 0.1) is 0 Å². The highest BCUT2D eigenvalue weighted by atomic mass is 16.2. The van der Waals surface area contributed by atoms with Crippen molar-refractivity contribution in [2.45, 2.75) is 31.7 Å². The molecule has 1 unspecified atom stereocenters. The van der Waals surface area contributed by atoms with Crippen molar-refractivity contribution in [1.29, 1.82) is 0 Å². The molecule has 0 spiro atoms. The molecule has 1 heterocycles. The van der Waals surface area contributed by atoms with Gasteiger partial charge >= 0.3 is 0 Å². The van der Waals surface area contributed by atoms with E-state index in [9.17, 15) is 4.79 Å². The van der Waals surface area contributed by atoms with Gasteiger partial charge in [-0.1, -0.05) is 0 Å². The molecule has 0 saturated carbocycles. The van der Waals surface area contributed by atoms with Gasteiger partial charge in [-0.3, -0.25) is 4.79 Å². The Kier molecular flexibility index (Phi) is 4.18. The first-order valence-corrected chi connectivity index (χ1v) is 4.91. The van der Waals surface area contributed by atoms with Crippen LogP contribution in [0.25, 0.3) is 0 Å². The molecule has 13 heavy (non-hydrogen) atoms. The number of carbonyl (C=O) groups excluding carboxylic acids is 1. The van der Waals surface area contributed by atoms with Crippen LogP contribution in [0.3, 0.4) is 0 Å². The van der Waals surface area contributed by atoms with E-state index in [-0.39, 0.29) is 18.6 Å². The van der Waals surface area contributed by atoms with Gasteiger partial charge in [-0.05, 0) is 25.7 Å². The zero-order valence-electron chi connectivity index (χ0n) is 7.91. The minimum atomic E-state index is -0.266. The maximum Gasteiger partial charge on any atom is 0.239 e. The van der Waals surface area contributed by atoms with Crippen LogP contribution in [0.1, 0.15) is 25.7 Å². The van der Waals surface area contributed by atoms with E-state index in [1.165, 1.54) is 0 Å². The molecule has 4 nitrogen and oxygen atoms in total. The van der Waals surface area contributed by atoms with Crippen molar-refractivity contribution in [3.05, 3.63) is 0 Å². The summed E-state index contributed by atoms with van der Waals surface area (Å²) in [7, 11) is 0. The van der Waals surface area contributed by atoms with E-state index in [1.807, 2.05) is 4.90 Å². The lowest BCUT2D eigenvalue weighted by Crippen LogP contribution is -2.34. The van der Waals surface area contributed by atoms with Gasteiger partial charge in [0.1, 0.15) is 0 Å². The highest BCUT2D eigenvalue weighted by Gasteiger charge is 2.27. The van der Waals surface area contributed by atoms with Gasteiger partial charge in [0.15, 0.2) is 0 Å². The number of hydrogen-bond acceptors (Lipinski definition) is 3. The molecule has 0 aromatic carbocycles. The number of amides is 1. The van der Waals surface area contributed by atoms with E-state index in [0.717, 1.165) is 38.8 Å². The second-order valence-electron chi connectivity index (χ2n) is 3.50. The summed E-state index contributed by atoms with van der Waals surface area (Å²) in [5, 5.41) is 8.55. The third-order valence-corrected chi connectivity index (χ3v) is 2.43. The van der Waals surface area contributed by atoms with Crippen LogP contribution >= 0.6 is 0 Å². The zero-order valence-corrected chi connectivity index (χ0v) is 7.91. The van der Waals surface area contributed by atoms with E-state index in [4.69, 9.17) is 10.8 Å². The van der Waals surface area contributed by atoms with Crippen LogP contribution in [0.2, 0.25) is 0 Å². The molecule has 4 heteroatoms. The number of hydrogen-bond donors (Lipinski definition) is 2. The largest absolute Gasteiger partial charge is 0.396 e. The first-order chi connectivity index (χ1) is 6.25. The minimum absolute atomic E-state index is 0.0870. The molecule has 0 aliphatic carbocycles. The molecule has 1 aliphatic rings. The predicted molar refractivity (Wildman–Crippen MR) is 50.1 cm³/mol. The van der Waals surface area contributed by atoms with Gasteiger partial charge in [-0.2, -0.15) is 0 Å². The summed E-state index contributed by atoms with van der Waals surface area (Å²) in [6, 6.07) is -0.266. The van der Waals surface area contributed by atoms with Gasteiger partial charge in [0.2, 0.25) is 5.91 Å². The van der Waals surface area contributed by atoms with Gasteiger partial charge in [-0.15, -0.1) is 0 Å². The molecule has 76 valence electrons. The van der Waals surface area contributed by atoms with Gasteiger partial charge in [0.25, 0.3) is 0 Å². The molecule has 0 radical (unpaired) electrons. The summed E-state index contributed by atoms with van der Waals surface area (Å²) < 4.78 is 0. The van der Waals surface area contributed by atoms with Gasteiger partial charge in [-0.25, -0.2) is 0 Å². The molecule has 1 rings (SSSR count). The number of aliphatic hydroxyl groups excluding tert-OH is 1. The molecule has 3 N–H and O–H groups in total. The molecular formula is C9H18N2O2. The summed E-state index contributed by atoms with van der Waals surface area (Å²) in [5.74, 6) is 0.0870. The van der Waals surface area contributed by atoms with Crippen LogP contribution < -0.4 is 5.73 Å². The average Bonchev–Trinajstić information content (AvgIpc) is 2.43. The number of unbranched alkanes of at least 4 members (excludes halogenated alkanes) is 2. The van der Waals surface area contributed by atoms with Crippen LogP contribution in [-0.4, -0.2) is 41.7 Å². The van der Waals surface area contributed by atoms with Crippen molar-refractivity contribution < 1.29 is 9.90 Å². The Hall–Kier alpha value is -0.610. The number of aliphatic hydroxyl groups is 1. The lowest BCUT2D eigenvalue weighted by molar-refractivity contribution is -0.128. The first kappa shape index (κ1) is 10.5. The molecule has 1 fully saturated rings. The fourth-order valence-electron chi connectivity index (χ4n) is 1.58. The second kappa shape index (κ2) is 5.19. The normalized spacial score (nSPS) is 22.8. The monoisotopic (exact) mass is 186 g/mol. The second-order valence-corrected chi connectivity index (χ2v) is 3.50. The first-order valence-electron chi connectivity index (χ1n) is 4.91. The number of nitrogens with zero attached hydrogens (tertiary/aromatic N) is 1. The Morgan fingerprint density at radius 3 is 2.77 bits per heavy atom. The lowest BCUT2D eigenvalue weighted by Gasteiger charge is -2.15. The summed E-state index contributed by atoms with van der Waals surface area (Å²) in [6.07, 6.45) is 3.57. The minimum Gasteiger partial charge on any atom is -0.396 e.